The molecule has 0 amide bonds. The van der Waals surface area contributed by atoms with Crippen LogP contribution < -0.4 is 5.73 Å². The smallest absolute Gasteiger partial charge is 0.325 e. The topological polar surface area (TPSA) is 52.3 Å². The number of esters is 1. The van der Waals surface area contributed by atoms with Gasteiger partial charge in [-0.2, -0.15) is 4.39 Å². The van der Waals surface area contributed by atoms with Gasteiger partial charge < -0.3 is 10.5 Å². The molecule has 0 aliphatic heterocycles. The summed E-state index contributed by atoms with van der Waals surface area (Å²) in [6.45, 7) is 3.56. The van der Waals surface area contributed by atoms with E-state index in [1.807, 2.05) is 0 Å². The van der Waals surface area contributed by atoms with Crippen LogP contribution in [0.25, 0.3) is 0 Å². The highest BCUT2D eigenvalue weighted by atomic mass is 19.1. The van der Waals surface area contributed by atoms with Crippen molar-refractivity contribution in [2.24, 2.45) is 11.7 Å². The minimum absolute atomic E-state index is 0.0736. The third-order valence-corrected chi connectivity index (χ3v) is 2.27. The first-order chi connectivity index (χ1) is 7.52. The normalized spacial score (nSPS) is 14.6. The van der Waals surface area contributed by atoms with Crippen LogP contribution in [-0.2, 0) is 9.53 Å². The summed E-state index contributed by atoms with van der Waals surface area (Å²) in [4.78, 5) is 11.4. The van der Waals surface area contributed by atoms with Crippen molar-refractivity contribution in [3.63, 3.8) is 0 Å². The fourth-order valence-electron chi connectivity index (χ4n) is 1.13. The van der Waals surface area contributed by atoms with E-state index in [1.54, 1.807) is 44.2 Å². The zero-order chi connectivity index (χ0) is 12.1. The molecule has 1 aromatic carbocycles. The molecular weight excluding hydrogens is 209 g/mol. The van der Waals surface area contributed by atoms with E-state index >= 15 is 0 Å². The number of benzene rings is 1. The van der Waals surface area contributed by atoms with E-state index in [4.69, 9.17) is 5.73 Å². The minimum Gasteiger partial charge on any atom is -0.426 e. The number of hydrogen-bond acceptors (Lipinski definition) is 3. The highest BCUT2D eigenvalue weighted by Gasteiger charge is 2.23. The summed E-state index contributed by atoms with van der Waals surface area (Å²) in [6, 6.07) is 7.44. The summed E-state index contributed by atoms with van der Waals surface area (Å²) in [7, 11) is 0. The largest absolute Gasteiger partial charge is 0.426 e. The van der Waals surface area contributed by atoms with Crippen molar-refractivity contribution in [1.29, 1.82) is 0 Å². The molecule has 16 heavy (non-hydrogen) atoms. The predicted octanol–water partition coefficient (Wildman–Crippen LogP) is 2.18. The Hall–Kier alpha value is -1.42. The Kier molecular flexibility index (Phi) is 4.43. The molecule has 0 aliphatic rings. The summed E-state index contributed by atoms with van der Waals surface area (Å²) < 4.78 is 18.1. The van der Waals surface area contributed by atoms with Gasteiger partial charge in [-0.25, -0.2) is 0 Å². The van der Waals surface area contributed by atoms with Crippen molar-refractivity contribution in [1.82, 2.24) is 0 Å². The predicted molar refractivity (Wildman–Crippen MR) is 59.2 cm³/mol. The Labute approximate surface area is 94.4 Å². The number of carbonyl (C=O) groups excluding carboxylic acids is 1. The molecule has 0 saturated carbocycles. The van der Waals surface area contributed by atoms with E-state index in [2.05, 4.69) is 4.74 Å². The van der Waals surface area contributed by atoms with Crippen molar-refractivity contribution in [3.05, 3.63) is 35.9 Å². The quantitative estimate of drug-likeness (QED) is 0.799. The van der Waals surface area contributed by atoms with Crippen molar-refractivity contribution in [3.8, 4) is 0 Å². The van der Waals surface area contributed by atoms with Crippen LogP contribution in [-0.4, -0.2) is 12.0 Å². The molecule has 0 aromatic heterocycles. The van der Waals surface area contributed by atoms with Crippen LogP contribution in [0.15, 0.2) is 30.3 Å². The number of nitrogens with two attached hydrogens (primary N) is 1. The Bertz CT molecular complexity index is 340. The van der Waals surface area contributed by atoms with Crippen molar-refractivity contribution < 1.29 is 13.9 Å². The van der Waals surface area contributed by atoms with Gasteiger partial charge in [-0.3, -0.25) is 4.79 Å². The average Bonchev–Trinajstić information content (AvgIpc) is 2.28. The molecule has 2 N–H and O–H groups in total. The fourth-order valence-corrected chi connectivity index (χ4v) is 1.13. The highest BCUT2D eigenvalue weighted by molar-refractivity contribution is 5.75. The molecule has 0 fully saturated rings. The third-order valence-electron chi connectivity index (χ3n) is 2.27. The molecule has 0 saturated heterocycles. The highest BCUT2D eigenvalue weighted by Crippen LogP contribution is 2.19. The van der Waals surface area contributed by atoms with Gasteiger partial charge in [0.2, 0.25) is 0 Å². The second-order valence-corrected chi connectivity index (χ2v) is 3.93. The summed E-state index contributed by atoms with van der Waals surface area (Å²) in [5.74, 6) is -0.790. The van der Waals surface area contributed by atoms with Gasteiger partial charge in [0.15, 0.2) is 0 Å². The van der Waals surface area contributed by atoms with Gasteiger partial charge in [0.25, 0.3) is 6.36 Å². The Balaban J connectivity index is 2.58. The molecule has 0 heterocycles. The zero-order valence-corrected chi connectivity index (χ0v) is 9.39. The van der Waals surface area contributed by atoms with Crippen molar-refractivity contribution in [2.45, 2.75) is 26.2 Å². The Morgan fingerprint density at radius 1 is 1.31 bits per heavy atom. The maximum absolute atomic E-state index is 13.5. The lowest BCUT2D eigenvalue weighted by Crippen LogP contribution is -2.37. The van der Waals surface area contributed by atoms with Crippen molar-refractivity contribution >= 4 is 5.97 Å². The van der Waals surface area contributed by atoms with Gasteiger partial charge in [0, 0.05) is 5.56 Å². The van der Waals surface area contributed by atoms with Crippen LogP contribution >= 0.6 is 0 Å². The van der Waals surface area contributed by atoms with Crippen LogP contribution in [0.3, 0.4) is 0 Å². The second-order valence-electron chi connectivity index (χ2n) is 3.93. The molecule has 0 bridgehead atoms. The molecule has 1 rings (SSSR count). The summed E-state index contributed by atoms with van der Waals surface area (Å²) in [5, 5.41) is 0. The van der Waals surface area contributed by atoms with Crippen LogP contribution in [0, 0.1) is 5.92 Å². The number of rotatable bonds is 4. The zero-order valence-electron chi connectivity index (χ0n) is 9.39. The van der Waals surface area contributed by atoms with Gasteiger partial charge in [-0.1, -0.05) is 44.2 Å². The number of alkyl halides is 1. The first-order valence-electron chi connectivity index (χ1n) is 5.17. The second kappa shape index (κ2) is 5.61. The molecule has 0 aliphatic carbocycles. The lowest BCUT2D eigenvalue weighted by atomic mass is 10.1. The first-order valence-corrected chi connectivity index (χ1v) is 5.17. The number of hydrogen-bond donors (Lipinski definition) is 1. The summed E-state index contributed by atoms with van der Waals surface area (Å²) >= 11 is 0. The van der Waals surface area contributed by atoms with Crippen LogP contribution in [0.1, 0.15) is 25.8 Å². The average molecular weight is 225 g/mol. The van der Waals surface area contributed by atoms with E-state index < -0.39 is 18.4 Å². The lowest BCUT2D eigenvalue weighted by molar-refractivity contribution is -0.161. The Morgan fingerprint density at radius 3 is 2.38 bits per heavy atom. The van der Waals surface area contributed by atoms with Crippen LogP contribution in [0.2, 0.25) is 0 Å². The van der Waals surface area contributed by atoms with Crippen LogP contribution in [0.4, 0.5) is 4.39 Å². The SMILES string of the molecule is CC(C)[C@H](N)C(=O)OC(F)c1ccccc1. The number of ether oxygens (including phenoxy) is 1. The van der Waals surface area contributed by atoms with E-state index in [0.717, 1.165) is 0 Å². The molecule has 1 aromatic rings. The van der Waals surface area contributed by atoms with Gasteiger partial charge in [-0.05, 0) is 5.92 Å². The van der Waals surface area contributed by atoms with Gasteiger partial charge in [-0.15, -0.1) is 0 Å². The molecule has 3 nitrogen and oxygen atoms in total. The van der Waals surface area contributed by atoms with E-state index in [1.165, 1.54) is 0 Å². The molecule has 1 unspecified atom stereocenters. The standard InChI is InChI=1S/C12H16FNO2/c1-8(2)10(14)12(15)16-11(13)9-6-4-3-5-7-9/h3-8,10-11H,14H2,1-2H3/t10-,11?/m0/s1. The molecular formula is C12H16FNO2. The molecule has 2 atom stereocenters. The molecule has 0 spiro atoms. The van der Waals surface area contributed by atoms with Gasteiger partial charge in [0.1, 0.15) is 6.04 Å². The lowest BCUT2D eigenvalue weighted by Gasteiger charge is -2.16. The molecule has 0 radical (unpaired) electrons. The third kappa shape index (κ3) is 3.31. The maximum Gasteiger partial charge on any atom is 0.325 e. The summed E-state index contributed by atoms with van der Waals surface area (Å²) in [5.41, 5.74) is 5.86. The van der Waals surface area contributed by atoms with E-state index in [-0.39, 0.29) is 5.92 Å². The minimum atomic E-state index is -1.75. The monoisotopic (exact) mass is 225 g/mol. The van der Waals surface area contributed by atoms with E-state index in [0.29, 0.717) is 5.56 Å². The van der Waals surface area contributed by atoms with Crippen molar-refractivity contribution in [2.75, 3.05) is 0 Å². The van der Waals surface area contributed by atoms with Gasteiger partial charge in [0.05, 0.1) is 0 Å². The summed E-state index contributed by atoms with van der Waals surface area (Å²) in [6.07, 6.45) is -1.75. The number of halogens is 1. The Morgan fingerprint density at radius 2 is 1.88 bits per heavy atom. The number of carbonyl (C=O) groups is 1. The van der Waals surface area contributed by atoms with E-state index in [9.17, 15) is 9.18 Å². The molecule has 4 heteroatoms. The first kappa shape index (κ1) is 12.6. The van der Waals surface area contributed by atoms with Gasteiger partial charge >= 0.3 is 5.97 Å². The fraction of sp³-hybridized carbons (Fsp3) is 0.417. The maximum atomic E-state index is 13.5. The van der Waals surface area contributed by atoms with Crippen LogP contribution in [0.5, 0.6) is 0 Å². The molecule has 88 valence electrons.